The van der Waals surface area contributed by atoms with Crippen LogP contribution in [0.5, 0.6) is 0 Å². The molecule has 0 saturated carbocycles. The zero-order valence-corrected chi connectivity index (χ0v) is 17.2. The van der Waals surface area contributed by atoms with Crippen molar-refractivity contribution in [1.82, 2.24) is 5.32 Å². The van der Waals surface area contributed by atoms with E-state index in [0.29, 0.717) is 12.8 Å². The fourth-order valence-electron chi connectivity index (χ4n) is 4.23. The third kappa shape index (κ3) is 4.94. The van der Waals surface area contributed by atoms with E-state index in [4.69, 9.17) is 9.84 Å². The summed E-state index contributed by atoms with van der Waals surface area (Å²) in [6, 6.07) is 25.8. The maximum atomic E-state index is 12.6. The first-order chi connectivity index (χ1) is 15.1. The monoisotopic (exact) mass is 415 g/mol. The Kier molecular flexibility index (Phi) is 6.32. The molecule has 3 aromatic carbocycles. The fraction of sp³-hybridized carbons (Fsp3) is 0.231. The lowest BCUT2D eigenvalue weighted by molar-refractivity contribution is -0.137. The van der Waals surface area contributed by atoms with E-state index in [-0.39, 0.29) is 25.0 Å². The topological polar surface area (TPSA) is 75.6 Å². The second kappa shape index (κ2) is 9.47. The number of hydrogen-bond acceptors (Lipinski definition) is 3. The number of rotatable bonds is 8. The Morgan fingerprint density at radius 2 is 1.45 bits per heavy atom. The van der Waals surface area contributed by atoms with Gasteiger partial charge in [-0.2, -0.15) is 0 Å². The Balaban J connectivity index is 1.42. The predicted molar refractivity (Wildman–Crippen MR) is 119 cm³/mol. The van der Waals surface area contributed by atoms with Crippen molar-refractivity contribution in [2.75, 3.05) is 6.61 Å². The van der Waals surface area contributed by atoms with Gasteiger partial charge in [0.05, 0.1) is 0 Å². The fourth-order valence-corrected chi connectivity index (χ4v) is 4.23. The summed E-state index contributed by atoms with van der Waals surface area (Å²) in [5.41, 5.74) is 5.70. The van der Waals surface area contributed by atoms with Crippen molar-refractivity contribution in [1.29, 1.82) is 0 Å². The van der Waals surface area contributed by atoms with Gasteiger partial charge in [0.1, 0.15) is 6.61 Å². The number of hydrogen-bond donors (Lipinski definition) is 2. The number of ether oxygens (including phenoxy) is 1. The average molecular weight is 415 g/mol. The van der Waals surface area contributed by atoms with Gasteiger partial charge in [0, 0.05) is 18.4 Å². The molecule has 0 bridgehead atoms. The van der Waals surface area contributed by atoms with Crippen LogP contribution in [0.2, 0.25) is 0 Å². The van der Waals surface area contributed by atoms with Crippen molar-refractivity contribution in [3.05, 3.63) is 95.6 Å². The standard InChI is InChI=1S/C26H25NO4/c28-25(29)15-14-19(16-18-8-2-1-3-9-18)27-26(30)31-17-24-22-12-6-4-10-20(22)21-11-5-7-13-23(21)24/h1-13,19,24H,14-17H2,(H,27,30)(H,28,29)/t19-/m0/s1. The molecule has 3 aromatic rings. The molecule has 1 amide bonds. The first kappa shape index (κ1) is 20.7. The summed E-state index contributed by atoms with van der Waals surface area (Å²) in [6.45, 7) is 0.233. The first-order valence-electron chi connectivity index (χ1n) is 10.5. The molecule has 31 heavy (non-hydrogen) atoms. The molecule has 2 N–H and O–H groups in total. The molecule has 5 nitrogen and oxygen atoms in total. The van der Waals surface area contributed by atoms with E-state index >= 15 is 0 Å². The molecule has 0 aromatic heterocycles. The molecule has 0 radical (unpaired) electrons. The third-order valence-electron chi connectivity index (χ3n) is 5.70. The van der Waals surface area contributed by atoms with Crippen LogP contribution in [0.25, 0.3) is 11.1 Å². The minimum atomic E-state index is -0.882. The normalized spacial score (nSPS) is 13.2. The molecule has 0 aliphatic heterocycles. The second-order valence-corrected chi connectivity index (χ2v) is 7.79. The highest BCUT2D eigenvalue weighted by molar-refractivity contribution is 5.79. The predicted octanol–water partition coefficient (Wildman–Crippen LogP) is 5.00. The lowest BCUT2D eigenvalue weighted by Crippen LogP contribution is -2.37. The molecule has 158 valence electrons. The Morgan fingerprint density at radius 1 is 0.871 bits per heavy atom. The number of benzene rings is 3. The molecule has 0 heterocycles. The van der Waals surface area contributed by atoms with Crippen molar-refractivity contribution in [3.8, 4) is 11.1 Å². The van der Waals surface area contributed by atoms with Crippen LogP contribution >= 0.6 is 0 Å². The van der Waals surface area contributed by atoms with Crippen molar-refractivity contribution < 1.29 is 19.4 Å². The summed E-state index contributed by atoms with van der Waals surface area (Å²) in [4.78, 5) is 23.6. The highest BCUT2D eigenvalue weighted by Crippen LogP contribution is 2.44. The van der Waals surface area contributed by atoms with E-state index in [9.17, 15) is 9.59 Å². The van der Waals surface area contributed by atoms with Crippen LogP contribution < -0.4 is 5.32 Å². The number of nitrogens with one attached hydrogen (secondary N) is 1. The minimum Gasteiger partial charge on any atom is -0.481 e. The van der Waals surface area contributed by atoms with Crippen molar-refractivity contribution in [2.24, 2.45) is 0 Å². The minimum absolute atomic E-state index is 0.00950. The Labute approximate surface area is 181 Å². The van der Waals surface area contributed by atoms with Crippen LogP contribution in [0.1, 0.15) is 35.4 Å². The van der Waals surface area contributed by atoms with Crippen LogP contribution in [-0.4, -0.2) is 29.8 Å². The lowest BCUT2D eigenvalue weighted by Gasteiger charge is -2.20. The van der Waals surface area contributed by atoms with E-state index in [1.165, 1.54) is 11.1 Å². The maximum Gasteiger partial charge on any atom is 0.407 e. The zero-order chi connectivity index (χ0) is 21.6. The van der Waals surface area contributed by atoms with E-state index in [2.05, 4.69) is 29.6 Å². The number of fused-ring (bicyclic) bond motifs is 3. The average Bonchev–Trinajstić information content (AvgIpc) is 3.10. The second-order valence-electron chi connectivity index (χ2n) is 7.79. The summed E-state index contributed by atoms with van der Waals surface area (Å²) >= 11 is 0. The van der Waals surface area contributed by atoms with E-state index < -0.39 is 12.1 Å². The summed E-state index contributed by atoms with van der Waals surface area (Å²) in [7, 11) is 0. The molecule has 0 saturated heterocycles. The van der Waals surface area contributed by atoms with Crippen LogP contribution in [0, 0.1) is 0 Å². The smallest absolute Gasteiger partial charge is 0.407 e. The number of alkyl carbamates (subject to hydrolysis) is 1. The number of aliphatic carboxylic acids is 1. The van der Waals surface area contributed by atoms with Gasteiger partial charge in [-0.15, -0.1) is 0 Å². The Morgan fingerprint density at radius 3 is 2.06 bits per heavy atom. The number of carbonyl (C=O) groups is 2. The molecule has 0 fully saturated rings. The van der Waals surface area contributed by atoms with Gasteiger partial charge in [-0.3, -0.25) is 4.79 Å². The molecule has 4 rings (SSSR count). The van der Waals surface area contributed by atoms with Gasteiger partial charge >= 0.3 is 12.1 Å². The van der Waals surface area contributed by atoms with Gasteiger partial charge in [0.2, 0.25) is 0 Å². The van der Waals surface area contributed by atoms with E-state index in [0.717, 1.165) is 16.7 Å². The van der Waals surface area contributed by atoms with Crippen LogP contribution in [0.4, 0.5) is 4.79 Å². The number of carbonyl (C=O) groups excluding carboxylic acids is 1. The van der Waals surface area contributed by atoms with Crippen LogP contribution in [0.3, 0.4) is 0 Å². The maximum absolute atomic E-state index is 12.6. The number of amides is 1. The number of carboxylic acids is 1. The Hall–Kier alpha value is -3.60. The van der Waals surface area contributed by atoms with Gasteiger partial charge in [-0.25, -0.2) is 4.79 Å². The van der Waals surface area contributed by atoms with Crippen molar-refractivity contribution in [2.45, 2.75) is 31.2 Å². The SMILES string of the molecule is O=C(O)CC[C@@H](Cc1ccccc1)NC(=O)OCC1c2ccccc2-c2ccccc21. The summed E-state index contributed by atoms with van der Waals surface area (Å²) < 4.78 is 5.62. The first-order valence-corrected chi connectivity index (χ1v) is 10.5. The van der Waals surface area contributed by atoms with Crippen LogP contribution in [-0.2, 0) is 16.0 Å². The van der Waals surface area contributed by atoms with Crippen molar-refractivity contribution >= 4 is 12.1 Å². The van der Waals surface area contributed by atoms with E-state index in [1.54, 1.807) is 0 Å². The highest BCUT2D eigenvalue weighted by atomic mass is 16.5. The van der Waals surface area contributed by atoms with Crippen LogP contribution in [0.15, 0.2) is 78.9 Å². The summed E-state index contributed by atoms with van der Waals surface area (Å²) in [5, 5.41) is 11.9. The van der Waals surface area contributed by atoms with Gasteiger partial charge < -0.3 is 15.2 Å². The molecule has 0 spiro atoms. The van der Waals surface area contributed by atoms with Gasteiger partial charge in [-0.1, -0.05) is 78.9 Å². The number of carboxylic acid groups (broad SMARTS) is 1. The quantitative estimate of drug-likeness (QED) is 0.543. The summed E-state index contributed by atoms with van der Waals surface area (Å²) in [6.07, 6.45) is 0.363. The Bertz CT molecular complexity index is 1020. The van der Waals surface area contributed by atoms with Crippen molar-refractivity contribution in [3.63, 3.8) is 0 Å². The van der Waals surface area contributed by atoms with E-state index in [1.807, 2.05) is 54.6 Å². The zero-order valence-electron chi connectivity index (χ0n) is 17.2. The molecular weight excluding hydrogens is 390 g/mol. The van der Waals surface area contributed by atoms with Gasteiger partial charge in [-0.05, 0) is 40.7 Å². The molecule has 0 unspecified atom stereocenters. The molecule has 1 aliphatic carbocycles. The molecule has 1 atom stereocenters. The summed E-state index contributed by atoms with van der Waals surface area (Å²) in [5.74, 6) is -0.892. The largest absolute Gasteiger partial charge is 0.481 e. The molecule has 1 aliphatic rings. The molecule has 5 heteroatoms. The third-order valence-corrected chi connectivity index (χ3v) is 5.70. The van der Waals surface area contributed by atoms with Gasteiger partial charge in [0.25, 0.3) is 0 Å². The highest BCUT2D eigenvalue weighted by Gasteiger charge is 2.29. The lowest BCUT2D eigenvalue weighted by atomic mass is 9.98. The van der Waals surface area contributed by atoms with Gasteiger partial charge in [0.15, 0.2) is 0 Å². The molecular formula is C26H25NO4.